The third kappa shape index (κ3) is 9.09. The van der Waals surface area contributed by atoms with Gasteiger partial charge in [0.1, 0.15) is 0 Å². The Hall–Kier alpha value is -1.56. The summed E-state index contributed by atoms with van der Waals surface area (Å²) in [6.07, 6.45) is 5.26. The van der Waals surface area contributed by atoms with Crippen molar-refractivity contribution in [3.05, 3.63) is 54.1 Å². The molecule has 158 valence electrons. The van der Waals surface area contributed by atoms with Crippen molar-refractivity contribution in [3.63, 3.8) is 0 Å². The van der Waals surface area contributed by atoms with Gasteiger partial charge in [-0.1, -0.05) is 58.0 Å². The van der Waals surface area contributed by atoms with E-state index in [1.54, 1.807) is 6.33 Å². The molecule has 28 heavy (non-hydrogen) atoms. The molecule has 0 spiro atoms. The Morgan fingerprint density at radius 2 is 1.86 bits per heavy atom. The van der Waals surface area contributed by atoms with Gasteiger partial charge in [0, 0.05) is 25.7 Å². The second kappa shape index (κ2) is 12.1. The van der Waals surface area contributed by atoms with Crippen LogP contribution < -0.4 is 11.1 Å². The van der Waals surface area contributed by atoms with Gasteiger partial charge in [-0.2, -0.15) is 0 Å². The molecule has 1 heterocycles. The molecular weight excluding hydrogens is 395 g/mol. The van der Waals surface area contributed by atoms with Gasteiger partial charge in [0.25, 0.3) is 0 Å². The molecule has 0 bridgehead atoms. The number of amides is 1. The highest BCUT2D eigenvalue weighted by Crippen LogP contribution is 2.24. The molecule has 2 aromatic rings. The SMILES string of the molecule is CC(C)CC(C)(C)CNC(=O)[C@@H](N)Cc1cn(Cc2ccccc2)cn1.Cl.Cl. The molecule has 7 heteroatoms. The average Bonchev–Trinajstić information content (AvgIpc) is 2.99. The van der Waals surface area contributed by atoms with Gasteiger partial charge < -0.3 is 15.6 Å². The van der Waals surface area contributed by atoms with E-state index >= 15 is 0 Å². The molecule has 1 atom stereocenters. The zero-order valence-electron chi connectivity index (χ0n) is 17.2. The molecule has 3 N–H and O–H groups in total. The second-order valence-electron chi connectivity index (χ2n) is 8.31. The molecule has 0 saturated heterocycles. The number of nitrogens with one attached hydrogen (secondary N) is 1. The minimum atomic E-state index is -0.579. The third-order valence-corrected chi connectivity index (χ3v) is 4.36. The van der Waals surface area contributed by atoms with Crippen molar-refractivity contribution in [2.45, 2.75) is 53.1 Å². The van der Waals surface area contributed by atoms with Crippen molar-refractivity contribution in [1.29, 1.82) is 0 Å². The number of halogens is 2. The summed E-state index contributed by atoms with van der Waals surface area (Å²) in [5, 5.41) is 3.00. The molecule has 0 radical (unpaired) electrons. The van der Waals surface area contributed by atoms with E-state index in [4.69, 9.17) is 5.73 Å². The van der Waals surface area contributed by atoms with Crippen molar-refractivity contribution in [1.82, 2.24) is 14.9 Å². The standard InChI is InChI=1S/C21H32N4O.2ClH/c1-16(2)11-21(3,4)14-23-20(26)19(22)10-18-13-25(15-24-18)12-17-8-6-5-7-9-17;;/h5-9,13,15-16,19H,10-12,14,22H2,1-4H3,(H,23,26);2*1H/t19-;;/m0../s1. The van der Waals surface area contributed by atoms with Crippen molar-refractivity contribution < 1.29 is 4.79 Å². The predicted molar refractivity (Wildman–Crippen MR) is 120 cm³/mol. The fraction of sp³-hybridized carbons (Fsp3) is 0.524. The molecule has 0 aliphatic heterocycles. The Bertz CT molecular complexity index is 701. The highest BCUT2D eigenvalue weighted by Gasteiger charge is 2.22. The Morgan fingerprint density at radius 1 is 1.21 bits per heavy atom. The lowest BCUT2D eigenvalue weighted by atomic mass is 9.84. The van der Waals surface area contributed by atoms with Gasteiger partial charge in [0.15, 0.2) is 0 Å². The van der Waals surface area contributed by atoms with E-state index in [0.717, 1.165) is 18.7 Å². The van der Waals surface area contributed by atoms with E-state index in [1.165, 1.54) is 5.56 Å². The first-order chi connectivity index (χ1) is 12.2. The topological polar surface area (TPSA) is 72.9 Å². The first-order valence-electron chi connectivity index (χ1n) is 9.33. The highest BCUT2D eigenvalue weighted by molar-refractivity contribution is 5.85. The van der Waals surface area contributed by atoms with E-state index in [2.05, 4.69) is 50.1 Å². The van der Waals surface area contributed by atoms with Crippen LogP contribution in [-0.2, 0) is 17.8 Å². The minimum absolute atomic E-state index is 0. The van der Waals surface area contributed by atoms with Crippen molar-refractivity contribution in [2.24, 2.45) is 17.1 Å². The van der Waals surface area contributed by atoms with Gasteiger partial charge in [0.2, 0.25) is 5.91 Å². The molecule has 0 aliphatic rings. The number of carbonyl (C=O) groups excluding carboxylic acids is 1. The fourth-order valence-corrected chi connectivity index (χ4v) is 3.35. The van der Waals surface area contributed by atoms with Gasteiger partial charge in [-0.05, 0) is 23.3 Å². The fourth-order valence-electron chi connectivity index (χ4n) is 3.35. The number of rotatable bonds is 9. The Balaban J connectivity index is 0.00000364. The van der Waals surface area contributed by atoms with E-state index in [1.807, 2.05) is 29.0 Å². The maximum atomic E-state index is 12.3. The zero-order chi connectivity index (χ0) is 19.2. The quantitative estimate of drug-likeness (QED) is 0.636. The smallest absolute Gasteiger partial charge is 0.237 e. The van der Waals surface area contributed by atoms with Crippen LogP contribution in [0.25, 0.3) is 0 Å². The second-order valence-corrected chi connectivity index (χ2v) is 8.31. The number of aromatic nitrogens is 2. The van der Waals surface area contributed by atoms with Crippen LogP contribution in [-0.4, -0.2) is 28.0 Å². The number of hydrogen-bond donors (Lipinski definition) is 2. The lowest BCUT2D eigenvalue weighted by Crippen LogP contribution is -2.45. The van der Waals surface area contributed by atoms with Crippen LogP contribution in [0, 0.1) is 11.3 Å². The summed E-state index contributed by atoms with van der Waals surface area (Å²) in [6, 6.07) is 9.63. The number of hydrogen-bond acceptors (Lipinski definition) is 3. The molecule has 1 aromatic carbocycles. The monoisotopic (exact) mass is 428 g/mol. The summed E-state index contributed by atoms with van der Waals surface area (Å²) in [7, 11) is 0. The Kier molecular flexibility index (Phi) is 11.4. The number of nitrogens with two attached hydrogens (primary N) is 1. The molecule has 1 aromatic heterocycles. The summed E-state index contributed by atoms with van der Waals surface area (Å²) >= 11 is 0. The molecule has 5 nitrogen and oxygen atoms in total. The third-order valence-electron chi connectivity index (χ3n) is 4.36. The number of nitrogens with zero attached hydrogens (tertiary/aromatic N) is 2. The minimum Gasteiger partial charge on any atom is -0.354 e. The van der Waals surface area contributed by atoms with Crippen LogP contribution >= 0.6 is 24.8 Å². The molecule has 0 unspecified atom stereocenters. The van der Waals surface area contributed by atoms with Gasteiger partial charge in [-0.3, -0.25) is 4.79 Å². The molecule has 0 saturated carbocycles. The number of benzene rings is 1. The van der Waals surface area contributed by atoms with Crippen LogP contribution in [0.2, 0.25) is 0 Å². The van der Waals surface area contributed by atoms with Crippen molar-refractivity contribution >= 4 is 30.7 Å². The summed E-state index contributed by atoms with van der Waals surface area (Å²) < 4.78 is 2.01. The normalized spacial score (nSPS) is 12.1. The highest BCUT2D eigenvalue weighted by atomic mass is 35.5. The Morgan fingerprint density at radius 3 is 2.46 bits per heavy atom. The van der Waals surface area contributed by atoms with Gasteiger partial charge in [-0.15, -0.1) is 24.8 Å². The predicted octanol–water partition coefficient (Wildman–Crippen LogP) is 3.83. The molecule has 0 aliphatic carbocycles. The number of carbonyl (C=O) groups is 1. The first kappa shape index (κ1) is 26.4. The first-order valence-corrected chi connectivity index (χ1v) is 9.33. The summed E-state index contributed by atoms with van der Waals surface area (Å²) in [5.41, 5.74) is 8.20. The van der Waals surface area contributed by atoms with E-state index in [-0.39, 0.29) is 36.1 Å². The van der Waals surface area contributed by atoms with Crippen LogP contribution in [0.15, 0.2) is 42.9 Å². The lowest BCUT2D eigenvalue weighted by Gasteiger charge is -2.27. The van der Waals surface area contributed by atoms with Crippen molar-refractivity contribution in [2.75, 3.05) is 6.54 Å². The van der Waals surface area contributed by atoms with Crippen molar-refractivity contribution in [3.8, 4) is 0 Å². The van der Waals surface area contributed by atoms with Gasteiger partial charge in [-0.25, -0.2) is 4.98 Å². The van der Waals surface area contributed by atoms with Gasteiger partial charge >= 0.3 is 0 Å². The van der Waals surface area contributed by atoms with Crippen LogP contribution in [0.1, 0.15) is 45.4 Å². The van der Waals surface area contributed by atoms with E-state index < -0.39 is 6.04 Å². The lowest BCUT2D eigenvalue weighted by molar-refractivity contribution is -0.122. The van der Waals surface area contributed by atoms with Crippen LogP contribution in [0.3, 0.4) is 0 Å². The number of imidazole rings is 1. The summed E-state index contributed by atoms with van der Waals surface area (Å²) in [5.74, 6) is 0.489. The summed E-state index contributed by atoms with van der Waals surface area (Å²) in [4.78, 5) is 16.7. The zero-order valence-corrected chi connectivity index (χ0v) is 18.9. The maximum Gasteiger partial charge on any atom is 0.237 e. The molecular formula is C21H34Cl2N4O. The average molecular weight is 429 g/mol. The van der Waals surface area contributed by atoms with Crippen LogP contribution in [0.5, 0.6) is 0 Å². The summed E-state index contributed by atoms with van der Waals surface area (Å²) in [6.45, 7) is 10.1. The largest absolute Gasteiger partial charge is 0.354 e. The van der Waals surface area contributed by atoms with Crippen LogP contribution in [0.4, 0.5) is 0 Å². The Labute approximate surface area is 181 Å². The molecule has 0 fully saturated rings. The molecule has 2 rings (SSSR count). The van der Waals surface area contributed by atoms with Gasteiger partial charge in [0.05, 0.1) is 18.1 Å². The van der Waals surface area contributed by atoms with E-state index in [0.29, 0.717) is 18.9 Å². The maximum absolute atomic E-state index is 12.3. The molecule has 1 amide bonds. The van der Waals surface area contributed by atoms with E-state index in [9.17, 15) is 4.79 Å².